The Hall–Kier alpha value is 3.12. The molecule has 0 aromatic rings. The second-order valence-electron chi connectivity index (χ2n) is 13.3. The highest BCUT2D eigenvalue weighted by Crippen LogP contribution is 2.21. The average Bonchev–Trinajstić information content (AvgIpc) is 2.86. The van der Waals surface area contributed by atoms with Gasteiger partial charge in [-0.25, -0.2) is 0 Å². The molecule has 48 heteroatoms. The summed E-state index contributed by atoms with van der Waals surface area (Å²) in [7, 11) is 160. The zero-order valence-corrected chi connectivity index (χ0v) is 27.7. The Morgan fingerprint density at radius 1 is 0.125 bits per heavy atom. The Kier molecular flexibility index (Phi) is 24.8. The van der Waals surface area contributed by atoms with Crippen LogP contribution in [0.25, 0.3) is 0 Å². The van der Waals surface area contributed by atoms with Crippen LogP contribution in [0.3, 0.4) is 0 Å². The molecule has 0 unspecified atom stereocenters. The minimum absolute atomic E-state index is 1.18. The Bertz CT molecular complexity index is 695. The van der Waals surface area contributed by atoms with Gasteiger partial charge in [0, 0.05) is 340 Å². The first-order valence-corrected chi connectivity index (χ1v) is 15.7. The van der Waals surface area contributed by atoms with E-state index in [4.69, 9.17) is 193 Å². The van der Waals surface area contributed by atoms with Crippen LogP contribution >= 0.6 is 0 Å². The normalized spacial score (nSPS) is 9.67. The molecule has 0 spiro atoms. The quantitative estimate of drug-likeness (QED) is 0.125. The van der Waals surface area contributed by atoms with Crippen molar-refractivity contribution in [1.82, 2.24) is 0 Å². The van der Waals surface area contributed by atoms with Crippen molar-refractivity contribution in [3.63, 3.8) is 0 Å². The van der Waals surface area contributed by atoms with Gasteiger partial charge in [-0.3, -0.25) is 0 Å². The molecule has 0 aliphatic rings. The molecule has 0 saturated carbocycles. The van der Waals surface area contributed by atoms with E-state index in [2.05, 4.69) is 0 Å². The summed E-state index contributed by atoms with van der Waals surface area (Å²) in [6, 6.07) is 0. The molecule has 0 saturated heterocycles. The first-order chi connectivity index (χ1) is 21.8. The first kappa shape index (κ1) is 51.1. The van der Waals surface area contributed by atoms with E-state index in [1.807, 2.05) is 0 Å². The minimum atomic E-state index is -1.34. The molecule has 0 atom stereocenters. The third-order valence-corrected chi connectivity index (χ3v) is 9.78. The van der Waals surface area contributed by atoms with Gasteiger partial charge < -0.3 is 0 Å². The van der Waals surface area contributed by atoms with E-state index in [-0.39, 0.29) is 0 Å². The van der Waals surface area contributed by atoms with Crippen LogP contribution in [-0.4, -0.2) is 340 Å². The molecule has 0 N–H and O–H groups in total. The predicted octanol–water partition coefficient (Wildman–Crippen LogP) is -18.3. The Balaban J connectivity index is 9.31. The van der Waals surface area contributed by atoms with Crippen molar-refractivity contribution >= 4 is 340 Å². The highest BCUT2D eigenvalue weighted by molar-refractivity contribution is 8.35. The molecule has 0 heterocycles. The van der Waals surface area contributed by atoms with Gasteiger partial charge in [-0.1, -0.05) is 0 Å². The van der Waals surface area contributed by atoms with Gasteiger partial charge in [0.25, 0.3) is 0 Å². The van der Waals surface area contributed by atoms with Crippen molar-refractivity contribution in [3.05, 3.63) is 0 Å². The summed E-state index contributed by atoms with van der Waals surface area (Å²) in [4.78, 5) is 0. The average molecular weight is 519 g/mol. The SMILES string of the molecule is [B]B([B])B([B])B(B([B])[B])B(B(B([B])[B])B([B])[B])B(B(B(B([B])[B])B([B])[B])B(B([B])[B])B([B])[B])B(B(B([B])[B])B([B])[B])B(B([B])[B])B([B])[B]. The Labute approximate surface area is 337 Å². The molecule has 0 aromatic carbocycles. The summed E-state index contributed by atoms with van der Waals surface area (Å²) in [5.41, 5.74) is 0. The van der Waals surface area contributed by atoms with Gasteiger partial charge in [0.2, 0.25) is 0 Å². The summed E-state index contributed by atoms with van der Waals surface area (Å²) in [6.45, 7) is 0. The molecule has 0 amide bonds. The van der Waals surface area contributed by atoms with Gasteiger partial charge in [-0.15, -0.1) is 0 Å². The van der Waals surface area contributed by atoms with E-state index in [9.17, 15) is 0 Å². The maximum Gasteiger partial charge on any atom is 0 e. The molecule has 0 bridgehead atoms. The number of hydrogen-bond acceptors (Lipinski definition) is 0. The lowest BCUT2D eigenvalue weighted by molar-refractivity contribution is 3.19. The third-order valence-electron chi connectivity index (χ3n) is 9.78. The second kappa shape index (κ2) is 23.2. The largest absolute Gasteiger partial charge is 0 e. The highest BCUT2D eigenvalue weighted by Gasteiger charge is 2.59. The molecular formula is B48. The van der Waals surface area contributed by atoms with Crippen LogP contribution in [-0.2, 0) is 0 Å². The molecule has 0 aromatic heterocycles. The molecular weight excluding hydrogens is 519 g/mol. The Morgan fingerprint density at radius 2 is 0.250 bits per heavy atom. The van der Waals surface area contributed by atoms with Crippen molar-refractivity contribution in [1.29, 1.82) is 0 Å². The molecule has 0 nitrogen and oxygen atoms in total. The molecule has 0 aliphatic carbocycles. The van der Waals surface area contributed by atoms with Gasteiger partial charge in [-0.05, 0) is 0 Å². The third kappa shape index (κ3) is 13.7. The number of rotatable bonds is 22. The number of hydrogen-bond donors (Lipinski definition) is 0. The zero-order valence-electron chi connectivity index (χ0n) is 27.7. The van der Waals surface area contributed by atoms with E-state index in [1.165, 1.54) is 0 Å². The van der Waals surface area contributed by atoms with Gasteiger partial charge >= 0.3 is 0 Å². The summed E-state index contributed by atoms with van der Waals surface area (Å²) in [5.74, 6) is 0. The van der Waals surface area contributed by atoms with Gasteiger partial charge in [0.15, 0.2) is 0 Å². The molecule has 50 radical (unpaired) electrons. The molecule has 48 heavy (non-hydrogen) atoms. The van der Waals surface area contributed by atoms with Crippen LogP contribution in [0.5, 0.6) is 0 Å². The van der Waals surface area contributed by atoms with Crippen LogP contribution in [0, 0.1) is 0 Å². The van der Waals surface area contributed by atoms with Crippen molar-refractivity contribution in [2.75, 3.05) is 0 Å². The fourth-order valence-corrected chi connectivity index (χ4v) is 7.95. The van der Waals surface area contributed by atoms with E-state index in [0.29, 0.717) is 0 Å². The van der Waals surface area contributed by atoms with Crippen molar-refractivity contribution in [3.8, 4) is 0 Å². The topological polar surface area (TPSA) is 0 Å². The fraction of sp³-hybridized carbons (Fsp3) is 0. The monoisotopic (exact) mass is 528 g/mol. The first-order valence-electron chi connectivity index (χ1n) is 15.7. The van der Waals surface area contributed by atoms with E-state index >= 15 is 0 Å². The lowest BCUT2D eigenvalue weighted by Gasteiger charge is -2.56. The van der Waals surface area contributed by atoms with Crippen LogP contribution < -0.4 is 0 Å². The molecule has 0 rings (SSSR count). The highest BCUT2D eigenvalue weighted by atomic mass is 13.4. The summed E-state index contributed by atoms with van der Waals surface area (Å²) >= 11 is 0. The van der Waals surface area contributed by atoms with Crippen molar-refractivity contribution in [2.45, 2.75) is 0 Å². The van der Waals surface area contributed by atoms with Crippen LogP contribution in [0.2, 0.25) is 0 Å². The van der Waals surface area contributed by atoms with Crippen molar-refractivity contribution < 1.29 is 0 Å². The Morgan fingerprint density at radius 3 is 0.375 bits per heavy atom. The van der Waals surface area contributed by atoms with Crippen molar-refractivity contribution in [2.24, 2.45) is 0 Å². The summed E-state index contributed by atoms with van der Waals surface area (Å²) < 4.78 is 0. The standard InChI is InChI=1S/B48/c1-26(2)38(25)44(37(23)24)47(43(35(19)20)36(21)22)48(45(39(27(3)4)28(5)6)40(29(7)8)30(9)10)46(41(31(11)12)32(13)14)42(33(15)16)34(17)18. The minimum Gasteiger partial charge on any atom is 0 e. The maximum atomic E-state index is 6.65. The van der Waals surface area contributed by atoms with Gasteiger partial charge in [-0.2, -0.15) is 0 Å². The lowest BCUT2D eigenvalue weighted by Crippen LogP contribution is -2.94. The van der Waals surface area contributed by atoms with Crippen LogP contribution in [0.15, 0.2) is 0 Å². The smallest absolute Gasteiger partial charge is 0 e. The van der Waals surface area contributed by atoms with Crippen LogP contribution in [0.4, 0.5) is 0 Å². The van der Waals surface area contributed by atoms with Gasteiger partial charge in [0.05, 0.1) is 0 Å². The van der Waals surface area contributed by atoms with E-state index < -0.39 is 147 Å². The van der Waals surface area contributed by atoms with Gasteiger partial charge in [0.1, 0.15) is 0 Å². The predicted molar refractivity (Wildman–Crippen MR) is 276 cm³/mol. The molecule has 144 valence electrons. The van der Waals surface area contributed by atoms with E-state index in [0.717, 1.165) is 0 Å². The van der Waals surface area contributed by atoms with Crippen LogP contribution in [0.1, 0.15) is 0 Å². The lowest BCUT2D eigenvalue weighted by atomic mass is 8.25. The summed E-state index contributed by atoms with van der Waals surface area (Å²) in [6.07, 6.45) is -29.1. The molecule has 0 aliphatic heterocycles. The zero-order chi connectivity index (χ0) is 38.3. The van der Waals surface area contributed by atoms with E-state index in [1.54, 1.807) is 0 Å². The molecule has 0 fully saturated rings. The fourth-order valence-electron chi connectivity index (χ4n) is 7.95. The second-order valence-corrected chi connectivity index (χ2v) is 13.3. The maximum absolute atomic E-state index is 6.65. The summed E-state index contributed by atoms with van der Waals surface area (Å²) in [5, 5.41) is 0.